The van der Waals surface area contributed by atoms with Crippen molar-refractivity contribution in [2.45, 2.75) is 62.1 Å². The van der Waals surface area contributed by atoms with E-state index in [0.29, 0.717) is 23.8 Å². The zero-order valence-corrected chi connectivity index (χ0v) is 21.4. The van der Waals surface area contributed by atoms with Gasteiger partial charge in [-0.25, -0.2) is 8.42 Å². The van der Waals surface area contributed by atoms with E-state index in [1.165, 1.54) is 37.5 Å². The largest absolute Gasteiger partial charge is 0.417 e. The van der Waals surface area contributed by atoms with Gasteiger partial charge in [-0.2, -0.15) is 13.2 Å². The second kappa shape index (κ2) is 8.94. The van der Waals surface area contributed by atoms with Gasteiger partial charge in [0.05, 0.1) is 21.2 Å². The lowest BCUT2D eigenvalue weighted by Gasteiger charge is -2.57. The summed E-state index contributed by atoms with van der Waals surface area (Å²) < 4.78 is 68.7. The number of sulfonamides is 1. The molecule has 4 bridgehead atoms. The molecule has 4 saturated carbocycles. The molecule has 0 aliphatic heterocycles. The van der Waals surface area contributed by atoms with Crippen LogP contribution in [0.25, 0.3) is 0 Å². The molecule has 0 radical (unpaired) electrons. The number of alkyl halides is 3. The number of anilines is 1. The molecule has 194 valence electrons. The third-order valence-electron chi connectivity index (χ3n) is 7.88. The van der Waals surface area contributed by atoms with Crippen LogP contribution < -0.4 is 9.62 Å². The van der Waals surface area contributed by atoms with Crippen LogP contribution in [-0.4, -0.2) is 26.4 Å². The number of benzene rings is 2. The maximum absolute atomic E-state index is 13.6. The Morgan fingerprint density at radius 2 is 1.58 bits per heavy atom. The summed E-state index contributed by atoms with van der Waals surface area (Å²) in [5.41, 5.74) is -0.964. The summed E-state index contributed by atoms with van der Waals surface area (Å²) in [5.74, 6) is 1.18. The van der Waals surface area contributed by atoms with E-state index in [1.807, 2.05) is 0 Å². The molecule has 4 aliphatic carbocycles. The van der Waals surface area contributed by atoms with Crippen LogP contribution in [0, 0.1) is 24.7 Å². The van der Waals surface area contributed by atoms with Gasteiger partial charge in [-0.15, -0.1) is 0 Å². The Morgan fingerprint density at radius 3 is 2.11 bits per heavy atom. The van der Waals surface area contributed by atoms with Gasteiger partial charge in [0.1, 0.15) is 6.54 Å². The van der Waals surface area contributed by atoms with E-state index in [2.05, 4.69) is 5.32 Å². The Labute approximate surface area is 214 Å². The molecular weight excluding hydrogens is 513 g/mol. The molecule has 0 heterocycles. The maximum Gasteiger partial charge on any atom is 0.417 e. The summed E-state index contributed by atoms with van der Waals surface area (Å²) >= 11 is 5.78. The first-order valence-corrected chi connectivity index (χ1v) is 13.9. The Kier molecular flexibility index (Phi) is 6.31. The predicted octanol–water partition coefficient (Wildman–Crippen LogP) is 5.95. The van der Waals surface area contributed by atoms with Crippen molar-refractivity contribution in [2.75, 3.05) is 10.8 Å². The van der Waals surface area contributed by atoms with Gasteiger partial charge in [0.15, 0.2) is 0 Å². The van der Waals surface area contributed by atoms with E-state index in [9.17, 15) is 26.4 Å². The van der Waals surface area contributed by atoms with Crippen LogP contribution in [-0.2, 0) is 21.0 Å². The van der Waals surface area contributed by atoms with Gasteiger partial charge in [-0.1, -0.05) is 29.3 Å². The molecule has 2 aromatic carbocycles. The summed E-state index contributed by atoms with van der Waals surface area (Å²) in [5, 5.41) is 2.58. The van der Waals surface area contributed by atoms with E-state index in [0.717, 1.165) is 35.2 Å². The second-order valence-electron chi connectivity index (χ2n) is 10.7. The summed E-state index contributed by atoms with van der Waals surface area (Å²) in [6, 6.07) is 8.86. The van der Waals surface area contributed by atoms with Gasteiger partial charge in [-0.05, 0) is 93.5 Å². The zero-order chi connectivity index (χ0) is 25.9. The minimum absolute atomic E-state index is 0.112. The number of hydrogen-bond acceptors (Lipinski definition) is 3. The number of rotatable bonds is 6. The van der Waals surface area contributed by atoms with Crippen molar-refractivity contribution < 1.29 is 26.4 Å². The molecule has 0 unspecified atom stereocenters. The van der Waals surface area contributed by atoms with E-state index >= 15 is 0 Å². The fraction of sp³-hybridized carbons (Fsp3) is 0.500. The number of halogens is 4. The number of nitrogens with zero attached hydrogens (tertiary/aromatic N) is 1. The van der Waals surface area contributed by atoms with Crippen LogP contribution in [0.15, 0.2) is 47.4 Å². The van der Waals surface area contributed by atoms with Crippen molar-refractivity contribution in [1.29, 1.82) is 0 Å². The Balaban J connectivity index is 1.48. The molecule has 0 aromatic heterocycles. The topological polar surface area (TPSA) is 66.5 Å². The summed E-state index contributed by atoms with van der Waals surface area (Å²) in [6.45, 7) is 1.17. The SMILES string of the molecule is Cc1ccc(S(=O)(=O)N(CC(=O)NC23CC4CC(CC(C4)C2)C3)c2ccc(Cl)c(C(F)(F)F)c2)cc1. The quantitative estimate of drug-likeness (QED) is 0.492. The van der Waals surface area contributed by atoms with E-state index in [1.54, 1.807) is 19.1 Å². The third-order valence-corrected chi connectivity index (χ3v) is 10.0. The lowest BCUT2D eigenvalue weighted by atomic mass is 9.53. The minimum Gasteiger partial charge on any atom is -0.349 e. The molecule has 2 aromatic rings. The molecule has 0 saturated heterocycles. The lowest BCUT2D eigenvalue weighted by Crippen LogP contribution is -2.61. The number of nitrogens with one attached hydrogen (secondary N) is 1. The standard InChI is InChI=1S/C26H28ClF3N2O3S/c1-16-2-5-21(6-3-16)36(34,35)32(20-4-7-23(27)22(11-20)26(28,29)30)15-24(33)31-25-12-17-8-18(13-25)10-19(9-17)14-25/h2-7,11,17-19H,8-10,12-15H2,1H3,(H,31,33). The van der Waals surface area contributed by atoms with Crippen LogP contribution in [0.1, 0.15) is 49.7 Å². The zero-order valence-electron chi connectivity index (χ0n) is 19.8. The van der Waals surface area contributed by atoms with Gasteiger partial charge in [-0.3, -0.25) is 9.10 Å². The Hall–Kier alpha value is -2.26. The average Bonchev–Trinajstić information content (AvgIpc) is 2.76. The molecule has 36 heavy (non-hydrogen) atoms. The highest BCUT2D eigenvalue weighted by Crippen LogP contribution is 2.55. The van der Waals surface area contributed by atoms with Crippen LogP contribution >= 0.6 is 11.6 Å². The van der Waals surface area contributed by atoms with Gasteiger partial charge in [0, 0.05) is 5.54 Å². The van der Waals surface area contributed by atoms with Crippen molar-refractivity contribution in [1.82, 2.24) is 5.32 Å². The summed E-state index contributed by atoms with van der Waals surface area (Å²) in [6.07, 6.45) is 1.35. The second-order valence-corrected chi connectivity index (χ2v) is 13.0. The highest BCUT2D eigenvalue weighted by atomic mass is 35.5. The molecule has 0 atom stereocenters. The number of hydrogen-bond donors (Lipinski definition) is 1. The molecule has 4 aliphatic rings. The molecule has 4 fully saturated rings. The van der Waals surface area contributed by atoms with Crippen molar-refractivity contribution >= 4 is 33.2 Å². The minimum atomic E-state index is -4.78. The molecule has 1 N–H and O–H groups in total. The first-order valence-electron chi connectivity index (χ1n) is 12.1. The maximum atomic E-state index is 13.6. The van der Waals surface area contributed by atoms with E-state index in [4.69, 9.17) is 11.6 Å². The van der Waals surface area contributed by atoms with Crippen LogP contribution in [0.2, 0.25) is 5.02 Å². The summed E-state index contributed by atoms with van der Waals surface area (Å²) in [4.78, 5) is 13.2. The van der Waals surface area contributed by atoms with Crippen molar-refractivity contribution in [3.05, 3.63) is 58.6 Å². The fourth-order valence-electron chi connectivity index (χ4n) is 6.77. The van der Waals surface area contributed by atoms with Crippen molar-refractivity contribution in [2.24, 2.45) is 17.8 Å². The number of carbonyl (C=O) groups is 1. The first kappa shape index (κ1) is 25.4. The predicted molar refractivity (Wildman–Crippen MR) is 131 cm³/mol. The van der Waals surface area contributed by atoms with Gasteiger partial charge >= 0.3 is 6.18 Å². The lowest BCUT2D eigenvalue weighted by molar-refractivity contribution is -0.137. The normalized spacial score (nSPS) is 27.2. The number of carbonyl (C=O) groups excluding carboxylic acids is 1. The van der Waals surface area contributed by atoms with E-state index < -0.39 is 39.2 Å². The van der Waals surface area contributed by atoms with Crippen LogP contribution in [0.5, 0.6) is 0 Å². The first-order chi connectivity index (χ1) is 16.8. The molecule has 0 spiro atoms. The third kappa shape index (κ3) is 4.84. The Morgan fingerprint density at radius 1 is 1.03 bits per heavy atom. The fourth-order valence-corrected chi connectivity index (χ4v) is 8.41. The average molecular weight is 541 g/mol. The van der Waals surface area contributed by atoms with Gasteiger partial charge in [0.2, 0.25) is 5.91 Å². The van der Waals surface area contributed by atoms with Crippen LogP contribution in [0.3, 0.4) is 0 Å². The monoisotopic (exact) mass is 540 g/mol. The molecule has 5 nitrogen and oxygen atoms in total. The summed E-state index contributed by atoms with van der Waals surface area (Å²) in [7, 11) is -4.35. The molecular formula is C26H28ClF3N2O3S. The highest BCUT2D eigenvalue weighted by molar-refractivity contribution is 7.92. The van der Waals surface area contributed by atoms with E-state index in [-0.39, 0.29) is 16.1 Å². The molecule has 6 rings (SSSR count). The highest BCUT2D eigenvalue weighted by Gasteiger charge is 2.51. The van der Waals surface area contributed by atoms with Crippen molar-refractivity contribution in [3.63, 3.8) is 0 Å². The number of aryl methyl sites for hydroxylation is 1. The molecule has 1 amide bonds. The number of amides is 1. The van der Waals surface area contributed by atoms with Crippen molar-refractivity contribution in [3.8, 4) is 0 Å². The van der Waals surface area contributed by atoms with Gasteiger partial charge < -0.3 is 5.32 Å². The Bertz CT molecular complexity index is 1240. The smallest absolute Gasteiger partial charge is 0.349 e. The van der Waals surface area contributed by atoms with Crippen LogP contribution in [0.4, 0.5) is 18.9 Å². The molecule has 10 heteroatoms. The van der Waals surface area contributed by atoms with Gasteiger partial charge in [0.25, 0.3) is 10.0 Å².